The van der Waals surface area contributed by atoms with Gasteiger partial charge in [-0.3, -0.25) is 0 Å². The third kappa shape index (κ3) is 4.31. The number of aromatic nitrogens is 1. The smallest absolute Gasteiger partial charge is 0.340 e. The second-order valence-electron chi connectivity index (χ2n) is 3.54. The van der Waals surface area contributed by atoms with Crippen LogP contribution in [0.25, 0.3) is 0 Å². The van der Waals surface area contributed by atoms with E-state index >= 15 is 0 Å². The minimum atomic E-state index is -0.309. The number of nitrogens with zero attached hydrogens (tertiary/aromatic N) is 1. The summed E-state index contributed by atoms with van der Waals surface area (Å²) in [6, 6.07) is 3.42. The molecule has 3 nitrogen and oxygen atoms in total. The van der Waals surface area contributed by atoms with Gasteiger partial charge in [-0.05, 0) is 34.5 Å². The van der Waals surface area contributed by atoms with E-state index in [9.17, 15) is 4.79 Å². The summed E-state index contributed by atoms with van der Waals surface area (Å²) in [6.07, 6.45) is 6.04. The summed E-state index contributed by atoms with van der Waals surface area (Å²) in [5.74, 6) is -0.309. The van der Waals surface area contributed by atoms with Crippen molar-refractivity contribution in [1.29, 1.82) is 0 Å². The maximum atomic E-state index is 11.6. The van der Waals surface area contributed by atoms with E-state index in [1.807, 2.05) is 0 Å². The molecular weight excluding hydrogens is 270 g/mol. The fourth-order valence-electron chi connectivity index (χ4n) is 1.31. The van der Waals surface area contributed by atoms with E-state index in [1.165, 1.54) is 12.8 Å². The predicted molar refractivity (Wildman–Crippen MR) is 66.4 cm³/mol. The molecule has 0 spiro atoms. The van der Waals surface area contributed by atoms with Crippen LogP contribution in [0.15, 0.2) is 22.9 Å². The van der Waals surface area contributed by atoms with Crippen LogP contribution in [0.3, 0.4) is 0 Å². The number of esters is 1. The number of pyridine rings is 1. The van der Waals surface area contributed by atoms with Crippen LogP contribution in [-0.2, 0) is 4.74 Å². The Morgan fingerprint density at radius 1 is 1.44 bits per heavy atom. The standard InChI is InChI=1S/C12H16BrNO2/c1-2-3-4-5-9-16-12(15)10-7-6-8-14-11(10)13/h6-8H,2-5,9H2,1H3. The topological polar surface area (TPSA) is 39.2 Å². The number of hydrogen-bond acceptors (Lipinski definition) is 3. The van der Waals surface area contributed by atoms with E-state index in [1.54, 1.807) is 18.3 Å². The van der Waals surface area contributed by atoms with Gasteiger partial charge in [0.25, 0.3) is 0 Å². The molecule has 4 heteroatoms. The van der Waals surface area contributed by atoms with Gasteiger partial charge in [0, 0.05) is 6.20 Å². The average Bonchev–Trinajstić information content (AvgIpc) is 2.29. The third-order valence-corrected chi connectivity index (χ3v) is 2.84. The van der Waals surface area contributed by atoms with Crippen LogP contribution in [0.5, 0.6) is 0 Å². The molecule has 0 unspecified atom stereocenters. The number of carbonyl (C=O) groups excluding carboxylic acids is 1. The van der Waals surface area contributed by atoms with E-state index in [0.717, 1.165) is 12.8 Å². The lowest BCUT2D eigenvalue weighted by molar-refractivity contribution is 0.0496. The highest BCUT2D eigenvalue weighted by Gasteiger charge is 2.10. The molecule has 0 aliphatic rings. The number of carbonyl (C=O) groups is 1. The van der Waals surface area contributed by atoms with Crippen molar-refractivity contribution in [2.45, 2.75) is 32.6 Å². The molecule has 0 saturated heterocycles. The van der Waals surface area contributed by atoms with Crippen molar-refractivity contribution in [3.63, 3.8) is 0 Å². The molecule has 0 aromatic carbocycles. The fraction of sp³-hybridized carbons (Fsp3) is 0.500. The van der Waals surface area contributed by atoms with E-state index in [2.05, 4.69) is 27.8 Å². The number of ether oxygens (including phenoxy) is 1. The van der Waals surface area contributed by atoms with E-state index < -0.39 is 0 Å². The molecule has 0 fully saturated rings. The Labute approximate surface area is 104 Å². The summed E-state index contributed by atoms with van der Waals surface area (Å²) in [5, 5.41) is 0. The second-order valence-corrected chi connectivity index (χ2v) is 4.29. The molecule has 0 aliphatic heterocycles. The van der Waals surface area contributed by atoms with Gasteiger partial charge in [0.15, 0.2) is 0 Å². The van der Waals surface area contributed by atoms with Gasteiger partial charge in [0.05, 0.1) is 12.2 Å². The lowest BCUT2D eigenvalue weighted by atomic mass is 10.2. The second kappa shape index (κ2) is 7.39. The SMILES string of the molecule is CCCCCCOC(=O)c1cccnc1Br. The maximum absolute atomic E-state index is 11.6. The minimum Gasteiger partial charge on any atom is -0.462 e. The number of halogens is 1. The Balaban J connectivity index is 2.33. The summed E-state index contributed by atoms with van der Waals surface area (Å²) >= 11 is 3.22. The van der Waals surface area contributed by atoms with Crippen LogP contribution < -0.4 is 0 Å². The van der Waals surface area contributed by atoms with Gasteiger partial charge in [-0.25, -0.2) is 9.78 Å². The molecule has 1 aromatic rings. The molecule has 16 heavy (non-hydrogen) atoms. The van der Waals surface area contributed by atoms with Crippen molar-refractivity contribution in [1.82, 2.24) is 4.98 Å². The first kappa shape index (κ1) is 13.2. The largest absolute Gasteiger partial charge is 0.462 e. The third-order valence-electron chi connectivity index (χ3n) is 2.21. The Hall–Kier alpha value is -0.900. The Kier molecular flexibility index (Phi) is 6.08. The van der Waals surface area contributed by atoms with Gasteiger partial charge >= 0.3 is 5.97 Å². The lowest BCUT2D eigenvalue weighted by Crippen LogP contribution is -2.07. The first-order chi connectivity index (χ1) is 7.75. The van der Waals surface area contributed by atoms with Crippen LogP contribution >= 0.6 is 15.9 Å². The quantitative estimate of drug-likeness (QED) is 0.456. The summed E-state index contributed by atoms with van der Waals surface area (Å²) in [5.41, 5.74) is 0.484. The van der Waals surface area contributed by atoms with E-state index in [0.29, 0.717) is 16.8 Å². The summed E-state index contributed by atoms with van der Waals surface area (Å²) in [6.45, 7) is 2.64. The van der Waals surface area contributed by atoms with Gasteiger partial charge in [-0.2, -0.15) is 0 Å². The molecule has 1 aromatic heterocycles. The molecule has 1 rings (SSSR count). The van der Waals surface area contributed by atoms with Crippen LogP contribution in [0.2, 0.25) is 0 Å². The normalized spacial score (nSPS) is 10.1. The molecule has 0 radical (unpaired) electrons. The van der Waals surface area contributed by atoms with Crippen LogP contribution in [0.1, 0.15) is 43.0 Å². The average molecular weight is 286 g/mol. The van der Waals surface area contributed by atoms with Gasteiger partial charge in [-0.1, -0.05) is 26.2 Å². The van der Waals surface area contributed by atoms with Gasteiger partial charge in [0.2, 0.25) is 0 Å². The Morgan fingerprint density at radius 2 is 2.25 bits per heavy atom. The Morgan fingerprint density at radius 3 is 2.94 bits per heavy atom. The number of unbranched alkanes of at least 4 members (excludes halogenated alkanes) is 3. The number of hydrogen-bond donors (Lipinski definition) is 0. The van der Waals surface area contributed by atoms with Crippen molar-refractivity contribution in [2.24, 2.45) is 0 Å². The summed E-state index contributed by atoms with van der Waals surface area (Å²) in [4.78, 5) is 15.6. The molecule has 88 valence electrons. The molecule has 0 atom stereocenters. The molecule has 0 bridgehead atoms. The van der Waals surface area contributed by atoms with Gasteiger partial charge in [0.1, 0.15) is 4.60 Å². The fourth-order valence-corrected chi connectivity index (χ4v) is 1.72. The molecule has 0 aliphatic carbocycles. The van der Waals surface area contributed by atoms with E-state index in [4.69, 9.17) is 4.74 Å². The van der Waals surface area contributed by atoms with E-state index in [-0.39, 0.29) is 5.97 Å². The minimum absolute atomic E-state index is 0.309. The van der Waals surface area contributed by atoms with Crippen LogP contribution in [0, 0.1) is 0 Å². The maximum Gasteiger partial charge on any atom is 0.340 e. The highest BCUT2D eigenvalue weighted by Crippen LogP contribution is 2.13. The molecule has 0 N–H and O–H groups in total. The number of rotatable bonds is 6. The highest BCUT2D eigenvalue weighted by atomic mass is 79.9. The molecule has 0 saturated carbocycles. The highest BCUT2D eigenvalue weighted by molar-refractivity contribution is 9.10. The summed E-state index contributed by atoms with van der Waals surface area (Å²) < 4.78 is 5.68. The predicted octanol–water partition coefficient (Wildman–Crippen LogP) is 3.58. The lowest BCUT2D eigenvalue weighted by Gasteiger charge is -2.05. The molecular formula is C12H16BrNO2. The van der Waals surface area contributed by atoms with Crippen LogP contribution in [-0.4, -0.2) is 17.6 Å². The van der Waals surface area contributed by atoms with Crippen molar-refractivity contribution < 1.29 is 9.53 Å². The first-order valence-electron chi connectivity index (χ1n) is 5.53. The zero-order valence-corrected chi connectivity index (χ0v) is 11.0. The molecule has 0 amide bonds. The first-order valence-corrected chi connectivity index (χ1v) is 6.32. The zero-order chi connectivity index (χ0) is 11.8. The van der Waals surface area contributed by atoms with Crippen molar-refractivity contribution in [3.8, 4) is 0 Å². The van der Waals surface area contributed by atoms with Crippen molar-refractivity contribution >= 4 is 21.9 Å². The van der Waals surface area contributed by atoms with Crippen molar-refractivity contribution in [2.75, 3.05) is 6.61 Å². The van der Waals surface area contributed by atoms with Gasteiger partial charge < -0.3 is 4.74 Å². The molecule has 1 heterocycles. The van der Waals surface area contributed by atoms with Gasteiger partial charge in [-0.15, -0.1) is 0 Å². The monoisotopic (exact) mass is 285 g/mol. The Bertz CT molecular complexity index is 342. The van der Waals surface area contributed by atoms with Crippen LogP contribution in [0.4, 0.5) is 0 Å². The summed E-state index contributed by atoms with van der Waals surface area (Å²) in [7, 11) is 0. The van der Waals surface area contributed by atoms with Crippen molar-refractivity contribution in [3.05, 3.63) is 28.5 Å². The zero-order valence-electron chi connectivity index (χ0n) is 9.41.